The highest BCUT2D eigenvalue weighted by Gasteiger charge is 2.59. The molecule has 1 atom stereocenters. The second-order valence-corrected chi connectivity index (χ2v) is 11.4. The fourth-order valence-corrected chi connectivity index (χ4v) is 6.23. The van der Waals surface area contributed by atoms with Gasteiger partial charge < -0.3 is 14.5 Å². The summed E-state index contributed by atoms with van der Waals surface area (Å²) >= 11 is -2.16. The average Bonchev–Trinajstić information content (AvgIpc) is 3.80. The molecule has 2 fully saturated rings. The second kappa shape index (κ2) is 8.83. The summed E-state index contributed by atoms with van der Waals surface area (Å²) in [6, 6.07) is 8.12. The first-order valence-corrected chi connectivity index (χ1v) is 13.7. The first kappa shape index (κ1) is 24.4. The number of likely N-dealkylation sites (N-methyl/N-ethyl adjacent to an activating group) is 1. The summed E-state index contributed by atoms with van der Waals surface area (Å²) in [5.41, 5.74) is 4.42. The highest BCUT2D eigenvalue weighted by atomic mass is 32.2. The minimum Gasteiger partial charge on any atom is -0.477 e. The second-order valence-electron chi connectivity index (χ2n) is 10.7. The largest absolute Gasteiger partial charge is 0.477 e. The third kappa shape index (κ3) is 4.12. The number of nitrogens with zero attached hydrogens (tertiary/aromatic N) is 4. The van der Waals surface area contributed by atoms with Gasteiger partial charge in [-0.2, -0.15) is 0 Å². The van der Waals surface area contributed by atoms with Crippen LogP contribution in [0.3, 0.4) is 0 Å². The molecule has 0 saturated heterocycles. The number of ether oxygens (including phenoxy) is 1. The summed E-state index contributed by atoms with van der Waals surface area (Å²) in [5.74, 6) is 0.645. The summed E-state index contributed by atoms with van der Waals surface area (Å²) in [4.78, 5) is 26.1. The van der Waals surface area contributed by atoms with E-state index in [-0.39, 0.29) is 5.91 Å². The number of nitrogens with one attached hydrogen (secondary N) is 1. The Morgan fingerprint density at radius 2 is 1.92 bits per heavy atom. The highest BCUT2D eigenvalue weighted by Crippen LogP contribution is 2.59. The Labute approximate surface area is 218 Å². The van der Waals surface area contributed by atoms with Crippen LogP contribution in [0.5, 0.6) is 5.88 Å². The fraction of sp³-hybridized carbons (Fsp3) is 0.444. The number of aromatic nitrogens is 2. The Kier molecular flexibility index (Phi) is 5.83. The minimum absolute atomic E-state index is 0.153. The molecule has 2 N–H and O–H groups in total. The zero-order chi connectivity index (χ0) is 25.9. The zero-order valence-electron chi connectivity index (χ0n) is 21.3. The van der Waals surface area contributed by atoms with Gasteiger partial charge in [0.25, 0.3) is 0 Å². The van der Waals surface area contributed by atoms with Crippen molar-refractivity contribution in [3.63, 3.8) is 0 Å². The maximum atomic E-state index is 13.0. The van der Waals surface area contributed by atoms with Crippen molar-refractivity contribution < 1.29 is 18.3 Å². The van der Waals surface area contributed by atoms with E-state index in [9.17, 15) is 13.6 Å². The van der Waals surface area contributed by atoms with E-state index in [4.69, 9.17) is 4.74 Å². The van der Waals surface area contributed by atoms with Crippen molar-refractivity contribution in [2.75, 3.05) is 39.2 Å². The lowest BCUT2D eigenvalue weighted by atomic mass is 9.92. The molecule has 10 heteroatoms. The smallest absolute Gasteiger partial charge is 0.237 e. The number of hydrogen-bond acceptors (Lipinski definition) is 6. The van der Waals surface area contributed by atoms with E-state index in [0.717, 1.165) is 77.5 Å². The number of carbonyl (C=O) groups excluding carboxylic acids is 1. The monoisotopic (exact) mass is 521 g/mol. The molecule has 1 spiro atoms. The molecule has 0 radical (unpaired) electrons. The summed E-state index contributed by atoms with van der Waals surface area (Å²) in [6.07, 6.45) is 7.63. The SMILES string of the molecule is CN(C)CCCOc1ncc(-c2ccc3ncc4c(c3c2)C2(CC2)C(=O)N4C)cc1C1(NS(=O)O)CC1. The zero-order valence-corrected chi connectivity index (χ0v) is 22.1. The Balaban J connectivity index is 1.40. The van der Waals surface area contributed by atoms with Crippen molar-refractivity contribution in [2.45, 2.75) is 43.1 Å². The molecule has 2 saturated carbocycles. The van der Waals surface area contributed by atoms with Gasteiger partial charge in [-0.3, -0.25) is 14.3 Å². The molecule has 37 heavy (non-hydrogen) atoms. The van der Waals surface area contributed by atoms with Crippen LogP contribution >= 0.6 is 0 Å². The highest BCUT2D eigenvalue weighted by molar-refractivity contribution is 7.77. The molecule has 2 aliphatic carbocycles. The first-order valence-electron chi connectivity index (χ1n) is 12.6. The van der Waals surface area contributed by atoms with Crippen LogP contribution in [0.15, 0.2) is 36.7 Å². The van der Waals surface area contributed by atoms with Gasteiger partial charge in [0.2, 0.25) is 23.1 Å². The lowest BCUT2D eigenvalue weighted by molar-refractivity contribution is -0.119. The number of pyridine rings is 2. The molecule has 1 amide bonds. The Bertz CT molecular complexity index is 1430. The molecule has 3 heterocycles. The van der Waals surface area contributed by atoms with E-state index in [1.54, 1.807) is 11.1 Å². The van der Waals surface area contributed by atoms with Crippen LogP contribution in [0.25, 0.3) is 22.0 Å². The molecule has 3 aliphatic rings. The first-order chi connectivity index (χ1) is 17.7. The van der Waals surface area contributed by atoms with Crippen molar-refractivity contribution in [1.82, 2.24) is 19.6 Å². The molecule has 2 aromatic heterocycles. The summed E-state index contributed by atoms with van der Waals surface area (Å²) < 4.78 is 30.2. The third-order valence-electron chi connectivity index (χ3n) is 7.87. The van der Waals surface area contributed by atoms with Crippen molar-refractivity contribution in [3.8, 4) is 17.0 Å². The number of anilines is 1. The predicted octanol–water partition coefficient (Wildman–Crippen LogP) is 3.35. The van der Waals surface area contributed by atoms with Crippen LogP contribution in [0.1, 0.15) is 43.2 Å². The molecule has 1 aromatic carbocycles. The quantitative estimate of drug-likeness (QED) is 0.328. The van der Waals surface area contributed by atoms with E-state index < -0.39 is 22.2 Å². The van der Waals surface area contributed by atoms with Crippen molar-refractivity contribution in [1.29, 1.82) is 0 Å². The minimum atomic E-state index is -2.16. The number of amides is 1. The van der Waals surface area contributed by atoms with Gasteiger partial charge in [0.05, 0.1) is 35.0 Å². The van der Waals surface area contributed by atoms with Gasteiger partial charge in [-0.05, 0) is 70.0 Å². The normalized spacial score (nSPS) is 19.5. The van der Waals surface area contributed by atoms with Crippen LogP contribution in [0.4, 0.5) is 5.69 Å². The number of benzene rings is 1. The van der Waals surface area contributed by atoms with E-state index >= 15 is 0 Å². The molecular formula is C27H31N5O4S. The molecule has 6 rings (SSSR count). The number of carbonyl (C=O) groups is 1. The molecule has 1 aliphatic heterocycles. The number of hydrogen-bond donors (Lipinski definition) is 2. The van der Waals surface area contributed by atoms with Gasteiger partial charge in [0, 0.05) is 41.9 Å². The molecule has 9 nitrogen and oxygen atoms in total. The number of fused-ring (bicyclic) bond motifs is 4. The standard InChI is InChI=1S/C27H31N5O4S/c1-31(2)11-4-12-36-24-20(27(9-10-27)30-37(34)35)14-18(15-29-24)17-5-6-21-19(13-17)23-22(16-28-21)32(3)25(33)26(23)7-8-26/h5-6,13-16,30H,4,7-12H2,1-3H3,(H,34,35). The molecule has 0 bridgehead atoms. The molecular weight excluding hydrogens is 490 g/mol. The van der Waals surface area contributed by atoms with Gasteiger partial charge >= 0.3 is 0 Å². The van der Waals surface area contributed by atoms with E-state index in [0.29, 0.717) is 12.5 Å². The van der Waals surface area contributed by atoms with Crippen molar-refractivity contribution in [3.05, 3.63) is 47.8 Å². The maximum Gasteiger partial charge on any atom is 0.237 e. The number of rotatable bonds is 9. The lowest BCUT2D eigenvalue weighted by Crippen LogP contribution is -2.31. The molecule has 1 unspecified atom stereocenters. The summed E-state index contributed by atoms with van der Waals surface area (Å²) in [5, 5.41) is 0.992. The molecule has 3 aromatic rings. The van der Waals surface area contributed by atoms with Gasteiger partial charge in [-0.1, -0.05) is 6.07 Å². The fourth-order valence-electron chi connectivity index (χ4n) is 5.58. The van der Waals surface area contributed by atoms with Gasteiger partial charge in [-0.15, -0.1) is 0 Å². The van der Waals surface area contributed by atoms with Crippen LogP contribution in [0.2, 0.25) is 0 Å². The molecule has 194 valence electrons. The van der Waals surface area contributed by atoms with Crippen LogP contribution in [-0.2, 0) is 27.0 Å². The predicted molar refractivity (Wildman–Crippen MR) is 143 cm³/mol. The van der Waals surface area contributed by atoms with E-state index in [1.165, 1.54) is 0 Å². The van der Waals surface area contributed by atoms with Crippen molar-refractivity contribution in [2.24, 2.45) is 0 Å². The van der Waals surface area contributed by atoms with Gasteiger partial charge in [-0.25, -0.2) is 13.9 Å². The Morgan fingerprint density at radius 1 is 1.14 bits per heavy atom. The van der Waals surface area contributed by atoms with Crippen molar-refractivity contribution >= 4 is 33.8 Å². The van der Waals surface area contributed by atoms with Crippen LogP contribution in [-0.4, -0.2) is 63.8 Å². The third-order valence-corrected chi connectivity index (χ3v) is 8.44. The van der Waals surface area contributed by atoms with Gasteiger partial charge in [0.1, 0.15) is 0 Å². The maximum absolute atomic E-state index is 13.0. The topological polar surface area (TPSA) is 108 Å². The Hall–Kier alpha value is -2.92. The van der Waals surface area contributed by atoms with Crippen LogP contribution < -0.4 is 14.4 Å². The lowest BCUT2D eigenvalue weighted by Gasteiger charge is -2.20. The average molecular weight is 522 g/mol. The van der Waals surface area contributed by atoms with Crippen LogP contribution in [0, 0.1) is 0 Å². The van der Waals surface area contributed by atoms with Gasteiger partial charge in [0.15, 0.2) is 0 Å². The summed E-state index contributed by atoms with van der Waals surface area (Å²) in [7, 11) is 5.86. The van der Waals surface area contributed by atoms with E-state index in [1.807, 2.05) is 45.5 Å². The Morgan fingerprint density at radius 3 is 2.59 bits per heavy atom. The summed E-state index contributed by atoms with van der Waals surface area (Å²) in [6.45, 7) is 1.40. The van der Waals surface area contributed by atoms with E-state index in [2.05, 4.69) is 25.7 Å².